The molecule has 66 valence electrons. The van der Waals surface area contributed by atoms with E-state index in [1.165, 1.54) is 6.42 Å². The predicted molar refractivity (Wildman–Crippen MR) is 48.0 cm³/mol. The van der Waals surface area contributed by atoms with Gasteiger partial charge in [0, 0.05) is 23.7 Å². The van der Waals surface area contributed by atoms with Crippen molar-refractivity contribution in [3.63, 3.8) is 0 Å². The van der Waals surface area contributed by atoms with Gasteiger partial charge in [-0.3, -0.25) is 0 Å². The lowest BCUT2D eigenvalue weighted by molar-refractivity contribution is 0.199. The number of rotatable bonds is 4. The highest BCUT2D eigenvalue weighted by Gasteiger charge is 2.18. The van der Waals surface area contributed by atoms with E-state index in [1.807, 2.05) is 11.8 Å². The summed E-state index contributed by atoms with van der Waals surface area (Å²) in [4.78, 5) is 0. The van der Waals surface area contributed by atoms with Crippen molar-refractivity contribution in [1.82, 2.24) is 0 Å². The van der Waals surface area contributed by atoms with Crippen molar-refractivity contribution in [2.24, 2.45) is 0 Å². The molecular formula is C8H16O2S. The molecule has 1 aliphatic rings. The topological polar surface area (TPSA) is 29.5 Å². The van der Waals surface area contributed by atoms with Crippen LogP contribution >= 0.6 is 11.8 Å². The highest BCUT2D eigenvalue weighted by molar-refractivity contribution is 8.00. The molecule has 0 aliphatic carbocycles. The van der Waals surface area contributed by atoms with Crippen molar-refractivity contribution in [3.05, 3.63) is 0 Å². The van der Waals surface area contributed by atoms with Gasteiger partial charge in [0.25, 0.3) is 0 Å². The van der Waals surface area contributed by atoms with E-state index in [0.29, 0.717) is 17.1 Å². The van der Waals surface area contributed by atoms with Crippen LogP contribution in [0.5, 0.6) is 0 Å². The van der Waals surface area contributed by atoms with Crippen molar-refractivity contribution < 1.29 is 9.84 Å². The van der Waals surface area contributed by atoms with Crippen molar-refractivity contribution in [1.29, 1.82) is 0 Å². The second kappa shape index (κ2) is 5.01. The molecule has 0 saturated carbocycles. The highest BCUT2D eigenvalue weighted by atomic mass is 32.2. The normalized spacial score (nSPS) is 27.3. The molecule has 0 bridgehead atoms. The Hall–Kier alpha value is 0.270. The van der Waals surface area contributed by atoms with E-state index in [1.54, 1.807) is 0 Å². The Bertz CT molecular complexity index is 102. The molecule has 1 rings (SSSR count). The maximum absolute atomic E-state index is 8.67. The van der Waals surface area contributed by atoms with Gasteiger partial charge in [0.2, 0.25) is 0 Å². The first-order valence-corrected chi connectivity index (χ1v) is 5.11. The van der Waals surface area contributed by atoms with Gasteiger partial charge < -0.3 is 9.84 Å². The fraction of sp³-hybridized carbons (Fsp3) is 1.00. The van der Waals surface area contributed by atoms with Crippen molar-refractivity contribution in [2.45, 2.75) is 30.3 Å². The smallest absolute Gasteiger partial charge is 0.0585 e. The van der Waals surface area contributed by atoms with Crippen LogP contribution in [0.25, 0.3) is 0 Å². The third kappa shape index (κ3) is 3.45. The Labute approximate surface area is 72.3 Å². The molecule has 1 N–H and O–H groups in total. The number of hydrogen-bond acceptors (Lipinski definition) is 3. The van der Waals surface area contributed by atoms with Crippen molar-refractivity contribution >= 4 is 11.8 Å². The summed E-state index contributed by atoms with van der Waals surface area (Å²) in [7, 11) is 0. The molecule has 1 saturated heterocycles. The SMILES string of the molecule is CC(CCO)SC1CCOC1. The largest absolute Gasteiger partial charge is 0.396 e. The number of thioether (sulfide) groups is 1. The van der Waals surface area contributed by atoms with Crippen LogP contribution in [-0.4, -0.2) is 35.4 Å². The minimum atomic E-state index is 0.307. The zero-order valence-corrected chi connectivity index (χ0v) is 7.77. The van der Waals surface area contributed by atoms with E-state index in [2.05, 4.69) is 6.92 Å². The van der Waals surface area contributed by atoms with Crippen molar-refractivity contribution in [3.8, 4) is 0 Å². The second-order valence-corrected chi connectivity index (χ2v) is 4.69. The van der Waals surface area contributed by atoms with Crippen LogP contribution in [-0.2, 0) is 4.74 Å². The lowest BCUT2D eigenvalue weighted by Gasteiger charge is -2.13. The van der Waals surface area contributed by atoms with Crippen LogP contribution in [0.3, 0.4) is 0 Å². The third-order valence-electron chi connectivity index (χ3n) is 1.85. The van der Waals surface area contributed by atoms with Gasteiger partial charge in [-0.05, 0) is 12.8 Å². The molecule has 2 unspecified atom stereocenters. The van der Waals surface area contributed by atoms with Crippen molar-refractivity contribution in [2.75, 3.05) is 19.8 Å². The van der Waals surface area contributed by atoms with Gasteiger partial charge in [0.05, 0.1) is 6.61 Å². The van der Waals surface area contributed by atoms with Gasteiger partial charge in [-0.1, -0.05) is 6.92 Å². The first-order valence-electron chi connectivity index (χ1n) is 4.17. The Kier molecular flexibility index (Phi) is 4.26. The summed E-state index contributed by atoms with van der Waals surface area (Å²) in [6, 6.07) is 0. The number of hydrogen-bond donors (Lipinski definition) is 1. The van der Waals surface area contributed by atoms with E-state index in [0.717, 1.165) is 19.6 Å². The fourth-order valence-corrected chi connectivity index (χ4v) is 2.50. The van der Waals surface area contributed by atoms with Gasteiger partial charge in [0.15, 0.2) is 0 Å². The Morgan fingerprint density at radius 3 is 3.09 bits per heavy atom. The van der Waals surface area contributed by atoms with Gasteiger partial charge >= 0.3 is 0 Å². The molecule has 3 heteroatoms. The molecule has 0 aromatic carbocycles. The molecule has 2 nitrogen and oxygen atoms in total. The molecule has 1 aliphatic heterocycles. The summed E-state index contributed by atoms with van der Waals surface area (Å²) in [6.45, 7) is 4.30. The molecule has 2 atom stereocenters. The van der Waals surface area contributed by atoms with Crippen LogP contribution in [0.4, 0.5) is 0 Å². The molecule has 0 spiro atoms. The fourth-order valence-electron chi connectivity index (χ4n) is 1.20. The Morgan fingerprint density at radius 1 is 1.73 bits per heavy atom. The average Bonchev–Trinajstić information content (AvgIpc) is 2.40. The summed E-state index contributed by atoms with van der Waals surface area (Å²) in [5, 5.41) is 9.92. The minimum Gasteiger partial charge on any atom is -0.396 e. The van der Waals surface area contributed by atoms with E-state index in [9.17, 15) is 0 Å². The van der Waals surface area contributed by atoms with Gasteiger partial charge in [0.1, 0.15) is 0 Å². The minimum absolute atomic E-state index is 0.307. The van der Waals surface area contributed by atoms with Crippen LogP contribution in [0.15, 0.2) is 0 Å². The maximum Gasteiger partial charge on any atom is 0.0585 e. The van der Waals surface area contributed by atoms with Gasteiger partial charge in [-0.15, -0.1) is 0 Å². The first kappa shape index (κ1) is 9.36. The Balaban J connectivity index is 2.08. The van der Waals surface area contributed by atoms with E-state index >= 15 is 0 Å². The molecule has 1 heterocycles. The van der Waals surface area contributed by atoms with Gasteiger partial charge in [-0.25, -0.2) is 0 Å². The standard InChI is InChI=1S/C8H16O2S/c1-7(2-4-9)11-8-3-5-10-6-8/h7-9H,2-6H2,1H3. The third-order valence-corrected chi connectivity index (χ3v) is 3.31. The lowest BCUT2D eigenvalue weighted by atomic mass is 10.3. The lowest BCUT2D eigenvalue weighted by Crippen LogP contribution is -2.09. The highest BCUT2D eigenvalue weighted by Crippen LogP contribution is 2.25. The summed E-state index contributed by atoms with van der Waals surface area (Å²) >= 11 is 1.95. The van der Waals surface area contributed by atoms with E-state index in [-0.39, 0.29) is 0 Å². The van der Waals surface area contributed by atoms with Crippen LogP contribution in [0, 0.1) is 0 Å². The monoisotopic (exact) mass is 176 g/mol. The molecule has 0 aromatic heterocycles. The van der Waals surface area contributed by atoms with Crippen LogP contribution in [0.2, 0.25) is 0 Å². The molecule has 0 aromatic rings. The Morgan fingerprint density at radius 2 is 2.55 bits per heavy atom. The molecule has 11 heavy (non-hydrogen) atoms. The second-order valence-electron chi connectivity index (χ2n) is 2.94. The molecule has 0 amide bonds. The summed E-state index contributed by atoms with van der Waals surface area (Å²) in [5.41, 5.74) is 0. The predicted octanol–water partition coefficient (Wildman–Crippen LogP) is 1.28. The van der Waals surface area contributed by atoms with Crippen LogP contribution in [0.1, 0.15) is 19.8 Å². The van der Waals surface area contributed by atoms with Gasteiger partial charge in [-0.2, -0.15) is 11.8 Å². The zero-order chi connectivity index (χ0) is 8.10. The molecule has 1 fully saturated rings. The quantitative estimate of drug-likeness (QED) is 0.699. The number of aliphatic hydroxyl groups excluding tert-OH is 1. The van der Waals surface area contributed by atoms with E-state index in [4.69, 9.17) is 9.84 Å². The molecular weight excluding hydrogens is 160 g/mol. The zero-order valence-electron chi connectivity index (χ0n) is 6.95. The average molecular weight is 176 g/mol. The van der Waals surface area contributed by atoms with E-state index < -0.39 is 0 Å². The maximum atomic E-state index is 8.67. The summed E-state index contributed by atoms with van der Waals surface area (Å²) < 4.78 is 5.25. The molecule has 0 radical (unpaired) electrons. The first-order chi connectivity index (χ1) is 5.33. The van der Waals surface area contributed by atoms with Crippen LogP contribution < -0.4 is 0 Å². The summed E-state index contributed by atoms with van der Waals surface area (Å²) in [5.74, 6) is 0. The number of ether oxygens (including phenoxy) is 1. The number of aliphatic hydroxyl groups is 1. The summed E-state index contributed by atoms with van der Waals surface area (Å²) in [6.07, 6.45) is 2.08.